The zero-order valence-electron chi connectivity index (χ0n) is 20.1. The second-order valence-corrected chi connectivity index (χ2v) is 8.24. The highest BCUT2D eigenvalue weighted by Crippen LogP contribution is 2.12. The summed E-state index contributed by atoms with van der Waals surface area (Å²) in [7, 11) is 0. The molecule has 2 rings (SSSR count). The molecule has 2 unspecified atom stereocenters. The normalized spacial score (nSPS) is 12.2. The molecule has 0 fully saturated rings. The van der Waals surface area contributed by atoms with Crippen LogP contribution in [0.4, 0.5) is 5.69 Å². The Kier molecular flexibility index (Phi) is 11.4. The largest absolute Gasteiger partial charge is 0.343 e. The zero-order chi connectivity index (χ0) is 25.6. The van der Waals surface area contributed by atoms with Crippen LogP contribution in [0.3, 0.4) is 0 Å². The average molecular weight is 479 g/mol. The Balaban J connectivity index is 2.07. The molecular weight excluding hydrogens is 444 g/mol. The molecule has 2 aromatic rings. The number of amides is 3. The zero-order valence-corrected chi connectivity index (χ0v) is 20.1. The maximum absolute atomic E-state index is 13.0. The molecule has 3 amide bonds. The first-order valence-electron chi connectivity index (χ1n) is 11.8. The Hall–Kier alpha value is -3.74. The van der Waals surface area contributed by atoms with E-state index in [9.17, 15) is 14.4 Å². The van der Waals surface area contributed by atoms with E-state index in [0.717, 1.165) is 12.0 Å². The van der Waals surface area contributed by atoms with E-state index >= 15 is 0 Å². The van der Waals surface area contributed by atoms with Gasteiger partial charge in [0.05, 0.1) is 24.1 Å². The Bertz CT molecular complexity index is 998. The Morgan fingerprint density at radius 1 is 1.03 bits per heavy atom. The SMILES string of the molecule is CCCN(CCN)C(=O)CC(N)C(=O)NC(CCc1ccccc1)C(=O)Nc1ccc(C#N)cc1. The minimum absolute atomic E-state index is 0.172. The highest BCUT2D eigenvalue weighted by Gasteiger charge is 2.26. The van der Waals surface area contributed by atoms with E-state index in [-0.39, 0.29) is 12.3 Å². The number of anilines is 1. The van der Waals surface area contributed by atoms with Gasteiger partial charge in [0.2, 0.25) is 17.7 Å². The molecule has 35 heavy (non-hydrogen) atoms. The van der Waals surface area contributed by atoms with Crippen LogP contribution >= 0.6 is 0 Å². The van der Waals surface area contributed by atoms with Crippen molar-refractivity contribution in [3.05, 3.63) is 65.7 Å². The fourth-order valence-corrected chi connectivity index (χ4v) is 3.56. The topological polar surface area (TPSA) is 154 Å². The number of hydrogen-bond acceptors (Lipinski definition) is 6. The van der Waals surface area contributed by atoms with Crippen LogP contribution in [-0.4, -0.2) is 54.3 Å². The third-order valence-corrected chi connectivity index (χ3v) is 5.46. The minimum atomic E-state index is -1.10. The number of aryl methyl sites for hydroxylation is 1. The van der Waals surface area contributed by atoms with Gasteiger partial charge >= 0.3 is 0 Å². The van der Waals surface area contributed by atoms with Gasteiger partial charge in [0.25, 0.3) is 0 Å². The molecule has 0 heterocycles. The number of nitrogens with one attached hydrogen (secondary N) is 2. The summed E-state index contributed by atoms with van der Waals surface area (Å²) in [5.74, 6) is -1.23. The van der Waals surface area contributed by atoms with Gasteiger partial charge in [-0.3, -0.25) is 14.4 Å². The predicted molar refractivity (Wildman–Crippen MR) is 135 cm³/mol. The van der Waals surface area contributed by atoms with Gasteiger partial charge in [0.1, 0.15) is 6.04 Å². The van der Waals surface area contributed by atoms with E-state index in [2.05, 4.69) is 10.6 Å². The van der Waals surface area contributed by atoms with Crippen molar-refractivity contribution in [2.24, 2.45) is 11.5 Å². The van der Waals surface area contributed by atoms with Crippen molar-refractivity contribution >= 4 is 23.4 Å². The first kappa shape index (κ1) is 27.5. The van der Waals surface area contributed by atoms with Gasteiger partial charge in [-0.15, -0.1) is 0 Å². The van der Waals surface area contributed by atoms with Crippen molar-refractivity contribution in [1.29, 1.82) is 5.26 Å². The van der Waals surface area contributed by atoms with Crippen molar-refractivity contribution in [2.75, 3.05) is 25.0 Å². The average Bonchev–Trinajstić information content (AvgIpc) is 2.87. The van der Waals surface area contributed by atoms with Crippen LogP contribution in [0.5, 0.6) is 0 Å². The highest BCUT2D eigenvalue weighted by molar-refractivity contribution is 5.98. The second kappa shape index (κ2) is 14.5. The van der Waals surface area contributed by atoms with Gasteiger partial charge in [0, 0.05) is 25.3 Å². The molecule has 2 aromatic carbocycles. The molecule has 186 valence electrons. The fraction of sp³-hybridized carbons (Fsp3) is 0.385. The molecule has 9 nitrogen and oxygen atoms in total. The van der Waals surface area contributed by atoms with Crippen LogP contribution in [0.2, 0.25) is 0 Å². The lowest BCUT2D eigenvalue weighted by atomic mass is 10.0. The van der Waals surface area contributed by atoms with Crippen molar-refractivity contribution < 1.29 is 14.4 Å². The number of nitriles is 1. The van der Waals surface area contributed by atoms with Crippen LogP contribution < -0.4 is 22.1 Å². The number of rotatable bonds is 13. The predicted octanol–water partition coefficient (Wildman–Crippen LogP) is 1.53. The molecule has 0 aliphatic rings. The van der Waals surface area contributed by atoms with Crippen LogP contribution in [-0.2, 0) is 20.8 Å². The second-order valence-electron chi connectivity index (χ2n) is 8.24. The first-order chi connectivity index (χ1) is 16.9. The summed E-state index contributed by atoms with van der Waals surface area (Å²) in [4.78, 5) is 40.0. The lowest BCUT2D eigenvalue weighted by Crippen LogP contribution is -2.51. The molecule has 0 spiro atoms. The van der Waals surface area contributed by atoms with Gasteiger partial charge in [-0.2, -0.15) is 5.26 Å². The molecule has 0 saturated carbocycles. The molecule has 2 atom stereocenters. The minimum Gasteiger partial charge on any atom is -0.343 e. The summed E-state index contributed by atoms with van der Waals surface area (Å²) in [6, 6.07) is 16.1. The number of hydrogen-bond donors (Lipinski definition) is 4. The summed E-state index contributed by atoms with van der Waals surface area (Å²) in [5, 5.41) is 14.4. The summed E-state index contributed by atoms with van der Waals surface area (Å²) in [6.07, 6.45) is 1.49. The summed E-state index contributed by atoms with van der Waals surface area (Å²) >= 11 is 0. The molecule has 9 heteroatoms. The molecular formula is C26H34N6O3. The van der Waals surface area contributed by atoms with Gasteiger partial charge in [-0.1, -0.05) is 37.3 Å². The third kappa shape index (κ3) is 9.20. The molecule has 0 bridgehead atoms. The Labute approximate surface area is 206 Å². The number of carbonyl (C=O) groups excluding carboxylic acids is 3. The summed E-state index contributed by atoms with van der Waals surface area (Å²) in [5.41, 5.74) is 13.6. The van der Waals surface area contributed by atoms with Gasteiger partial charge in [0.15, 0.2) is 0 Å². The quantitative estimate of drug-likeness (QED) is 0.342. The van der Waals surface area contributed by atoms with Crippen LogP contribution in [0.25, 0.3) is 0 Å². The van der Waals surface area contributed by atoms with E-state index < -0.39 is 23.9 Å². The van der Waals surface area contributed by atoms with Gasteiger partial charge in [-0.25, -0.2) is 0 Å². The van der Waals surface area contributed by atoms with Crippen molar-refractivity contribution in [1.82, 2.24) is 10.2 Å². The van der Waals surface area contributed by atoms with Crippen molar-refractivity contribution in [3.8, 4) is 6.07 Å². The maximum atomic E-state index is 13.0. The molecule has 0 saturated heterocycles. The van der Waals surface area contributed by atoms with Crippen LogP contribution in [0.1, 0.15) is 37.3 Å². The molecule has 6 N–H and O–H groups in total. The van der Waals surface area contributed by atoms with E-state index in [1.807, 2.05) is 43.3 Å². The number of nitrogens with two attached hydrogens (primary N) is 2. The van der Waals surface area contributed by atoms with Crippen LogP contribution in [0.15, 0.2) is 54.6 Å². The smallest absolute Gasteiger partial charge is 0.246 e. The van der Waals surface area contributed by atoms with Crippen LogP contribution in [0, 0.1) is 11.3 Å². The summed E-state index contributed by atoms with van der Waals surface area (Å²) < 4.78 is 0. The molecule has 0 aliphatic carbocycles. The maximum Gasteiger partial charge on any atom is 0.246 e. The summed E-state index contributed by atoms with van der Waals surface area (Å²) in [6.45, 7) is 3.21. The fourth-order valence-electron chi connectivity index (χ4n) is 3.56. The lowest BCUT2D eigenvalue weighted by Gasteiger charge is -2.24. The highest BCUT2D eigenvalue weighted by atomic mass is 16.2. The Morgan fingerprint density at radius 2 is 1.71 bits per heavy atom. The third-order valence-electron chi connectivity index (χ3n) is 5.46. The van der Waals surface area contributed by atoms with E-state index in [1.54, 1.807) is 29.2 Å². The van der Waals surface area contributed by atoms with E-state index in [4.69, 9.17) is 16.7 Å². The van der Waals surface area contributed by atoms with Gasteiger partial charge < -0.3 is 27.0 Å². The van der Waals surface area contributed by atoms with Crippen molar-refractivity contribution in [2.45, 2.75) is 44.7 Å². The number of benzene rings is 2. The standard InChI is InChI=1S/C26H34N6O3/c1-2-15-32(16-14-27)24(33)17-22(29)25(34)31-23(13-10-19-6-4-3-5-7-19)26(35)30-21-11-8-20(18-28)9-12-21/h3-9,11-12,22-23H,2,10,13-17,27,29H2,1H3,(H,30,35)(H,31,34). The van der Waals surface area contributed by atoms with E-state index in [0.29, 0.717) is 43.7 Å². The van der Waals surface area contributed by atoms with Gasteiger partial charge in [-0.05, 0) is 49.1 Å². The van der Waals surface area contributed by atoms with E-state index in [1.165, 1.54) is 0 Å². The monoisotopic (exact) mass is 478 g/mol. The number of nitrogens with zero attached hydrogens (tertiary/aromatic N) is 2. The lowest BCUT2D eigenvalue weighted by molar-refractivity contribution is -0.134. The Morgan fingerprint density at radius 3 is 2.31 bits per heavy atom. The first-order valence-corrected chi connectivity index (χ1v) is 11.8. The number of carbonyl (C=O) groups is 3. The molecule has 0 radical (unpaired) electrons. The molecule has 0 aliphatic heterocycles. The molecule has 0 aromatic heterocycles. The van der Waals surface area contributed by atoms with Crippen molar-refractivity contribution in [3.63, 3.8) is 0 Å².